The summed E-state index contributed by atoms with van der Waals surface area (Å²) in [4.78, 5) is 15.0. The second-order valence-corrected chi connectivity index (χ2v) is 15.4. The Morgan fingerprint density at radius 3 is 1.74 bits per heavy atom. The summed E-state index contributed by atoms with van der Waals surface area (Å²) in [6.07, 6.45) is 0. The van der Waals surface area contributed by atoms with Gasteiger partial charge in [0.25, 0.3) is 0 Å². The Kier molecular flexibility index (Phi) is 7.03. The van der Waals surface area contributed by atoms with Gasteiger partial charge < -0.3 is 8.98 Å². The third-order valence-electron chi connectivity index (χ3n) is 11.1. The van der Waals surface area contributed by atoms with E-state index >= 15 is 0 Å². The van der Waals surface area contributed by atoms with E-state index in [1.165, 1.54) is 42.0 Å². The predicted octanol–water partition coefficient (Wildman–Crippen LogP) is 13.9. The quantitative estimate of drug-likeness (QED) is 0.176. The van der Waals surface area contributed by atoms with Crippen LogP contribution in [0, 0.1) is 0 Å². The lowest BCUT2D eigenvalue weighted by atomic mass is 9.99. The molecule has 8 aromatic carbocycles. The number of fused-ring (bicyclic) bond motifs is 9. The highest BCUT2D eigenvalue weighted by atomic mass is 32.1. The van der Waals surface area contributed by atoms with Gasteiger partial charge in [-0.3, -0.25) is 0 Å². The fraction of sp³-hybridized carbons (Fsp3) is 0. The number of hydrogen-bond donors (Lipinski definition) is 0. The zero-order chi connectivity index (χ0) is 37.5. The molecule has 0 N–H and O–H groups in total. The molecule has 0 saturated heterocycles. The minimum atomic E-state index is 0.605. The average molecular weight is 747 g/mol. The summed E-state index contributed by atoms with van der Waals surface area (Å²) in [7, 11) is 0. The minimum absolute atomic E-state index is 0.605. The van der Waals surface area contributed by atoms with Gasteiger partial charge >= 0.3 is 0 Å². The van der Waals surface area contributed by atoms with Crippen LogP contribution >= 0.6 is 11.3 Å². The summed E-state index contributed by atoms with van der Waals surface area (Å²) >= 11 is 1.83. The first kappa shape index (κ1) is 31.9. The van der Waals surface area contributed by atoms with Crippen molar-refractivity contribution in [2.24, 2.45) is 0 Å². The number of benzene rings is 8. The maximum Gasteiger partial charge on any atom is 0.164 e. The maximum absolute atomic E-state index is 6.76. The number of aromatic nitrogens is 4. The first-order valence-electron chi connectivity index (χ1n) is 19.0. The number of hydrogen-bond acceptors (Lipinski definition) is 5. The molecule has 6 heteroatoms. The lowest BCUT2D eigenvalue weighted by Crippen LogP contribution is -2.00. The molecule has 12 rings (SSSR count). The molecule has 266 valence electrons. The Morgan fingerprint density at radius 1 is 0.404 bits per heavy atom. The molecule has 0 fully saturated rings. The van der Waals surface area contributed by atoms with Gasteiger partial charge in [-0.05, 0) is 48.0 Å². The van der Waals surface area contributed by atoms with E-state index in [-0.39, 0.29) is 0 Å². The van der Waals surface area contributed by atoms with Gasteiger partial charge in [-0.25, -0.2) is 15.0 Å². The third kappa shape index (κ3) is 5.04. The number of rotatable bonds is 5. The fourth-order valence-corrected chi connectivity index (χ4v) is 9.59. The highest BCUT2D eigenvalue weighted by Crippen LogP contribution is 2.43. The van der Waals surface area contributed by atoms with Crippen LogP contribution in [-0.4, -0.2) is 19.5 Å². The van der Waals surface area contributed by atoms with E-state index < -0.39 is 0 Å². The Bertz CT molecular complexity index is 3420. The Morgan fingerprint density at radius 2 is 1.02 bits per heavy atom. The molecule has 0 aliphatic carbocycles. The van der Waals surface area contributed by atoms with Crippen molar-refractivity contribution < 1.29 is 4.42 Å². The first-order chi connectivity index (χ1) is 28.2. The van der Waals surface area contributed by atoms with Crippen LogP contribution in [0.5, 0.6) is 0 Å². The first-order valence-corrected chi connectivity index (χ1v) is 19.8. The third-order valence-corrected chi connectivity index (χ3v) is 12.2. The molecule has 57 heavy (non-hydrogen) atoms. The SMILES string of the molecule is c1ccc(-c2nc(-c3ccccc3)nc(-c3cccc4oc5c(-c6ccc7c(c6)sc6ccc(-n8c9ccccc9c9ccccc98)cc67)cccc5c34)n2)cc1. The van der Waals surface area contributed by atoms with Crippen LogP contribution in [0.1, 0.15) is 0 Å². The molecule has 0 amide bonds. The predicted molar refractivity (Wildman–Crippen MR) is 236 cm³/mol. The van der Waals surface area contributed by atoms with Gasteiger partial charge in [0.1, 0.15) is 11.2 Å². The molecule has 0 saturated carbocycles. The van der Waals surface area contributed by atoms with Crippen LogP contribution in [-0.2, 0) is 0 Å². The van der Waals surface area contributed by atoms with Gasteiger partial charge in [0, 0.05) is 69.7 Å². The van der Waals surface area contributed by atoms with Gasteiger partial charge in [-0.1, -0.05) is 140 Å². The van der Waals surface area contributed by atoms with Crippen LogP contribution in [0.4, 0.5) is 0 Å². The largest absolute Gasteiger partial charge is 0.455 e. The topological polar surface area (TPSA) is 56.7 Å². The fourth-order valence-electron chi connectivity index (χ4n) is 8.46. The Labute approximate surface area is 330 Å². The van der Waals surface area contributed by atoms with Crippen LogP contribution in [0.25, 0.3) is 115 Å². The standard InChI is InChI=1S/C51H30N4OS/c1-3-13-31(14-4-1)49-52-50(32-15-5-2-6-16-32)54-51(53-49)40-21-12-24-44-47(40)39-20-11-19-35(48(39)56-44)33-25-27-38-41-30-34(26-28-45(41)57-46(38)29-33)55-42-22-9-7-17-36(42)37-18-8-10-23-43(37)55/h1-30H. The summed E-state index contributed by atoms with van der Waals surface area (Å²) in [5, 5.41) is 7.05. The molecule has 0 unspecified atom stereocenters. The molecule has 4 heterocycles. The van der Waals surface area contributed by atoms with Crippen molar-refractivity contribution in [1.82, 2.24) is 19.5 Å². The molecular weight excluding hydrogens is 717 g/mol. The second kappa shape index (κ2) is 12.6. The maximum atomic E-state index is 6.76. The van der Waals surface area contributed by atoms with Crippen molar-refractivity contribution in [1.29, 1.82) is 0 Å². The van der Waals surface area contributed by atoms with Crippen LogP contribution in [0.3, 0.4) is 0 Å². The molecule has 0 bridgehead atoms. The molecule has 0 atom stereocenters. The van der Waals surface area contributed by atoms with E-state index in [1.54, 1.807) is 0 Å². The van der Waals surface area contributed by atoms with Gasteiger partial charge in [0.15, 0.2) is 17.5 Å². The highest BCUT2D eigenvalue weighted by molar-refractivity contribution is 7.25. The number of thiophene rings is 1. The zero-order valence-corrected chi connectivity index (χ0v) is 31.2. The zero-order valence-electron chi connectivity index (χ0n) is 30.4. The van der Waals surface area contributed by atoms with Gasteiger partial charge in [-0.15, -0.1) is 11.3 Å². The van der Waals surface area contributed by atoms with Gasteiger partial charge in [0.2, 0.25) is 0 Å². The smallest absolute Gasteiger partial charge is 0.164 e. The van der Waals surface area contributed by atoms with E-state index in [0.717, 1.165) is 55.4 Å². The molecule has 5 nitrogen and oxygen atoms in total. The highest BCUT2D eigenvalue weighted by Gasteiger charge is 2.20. The molecular formula is C51H30N4OS. The lowest BCUT2D eigenvalue weighted by molar-refractivity contribution is 0.670. The van der Waals surface area contributed by atoms with E-state index in [1.807, 2.05) is 84.1 Å². The van der Waals surface area contributed by atoms with Crippen LogP contribution in [0.2, 0.25) is 0 Å². The van der Waals surface area contributed by atoms with Crippen molar-refractivity contribution in [2.45, 2.75) is 0 Å². The van der Waals surface area contributed by atoms with Crippen molar-refractivity contribution in [3.05, 3.63) is 182 Å². The molecule has 0 aliphatic rings. The molecule has 0 aliphatic heterocycles. The Hall–Kier alpha value is -7.41. The Balaban J connectivity index is 0.996. The summed E-state index contributed by atoms with van der Waals surface area (Å²) in [6.45, 7) is 0. The van der Waals surface area contributed by atoms with Gasteiger partial charge in [-0.2, -0.15) is 0 Å². The van der Waals surface area contributed by atoms with Crippen molar-refractivity contribution in [3.8, 4) is 51.0 Å². The number of furan rings is 1. The molecule has 12 aromatic rings. The molecule has 4 aromatic heterocycles. The monoisotopic (exact) mass is 746 g/mol. The van der Waals surface area contributed by atoms with Crippen molar-refractivity contribution in [3.63, 3.8) is 0 Å². The van der Waals surface area contributed by atoms with E-state index in [9.17, 15) is 0 Å². The van der Waals surface area contributed by atoms with Crippen LogP contribution in [0.15, 0.2) is 186 Å². The van der Waals surface area contributed by atoms with E-state index in [2.05, 4.69) is 114 Å². The summed E-state index contributed by atoms with van der Waals surface area (Å²) in [5.74, 6) is 1.86. The van der Waals surface area contributed by atoms with E-state index in [4.69, 9.17) is 19.4 Å². The minimum Gasteiger partial charge on any atom is -0.455 e. The second-order valence-electron chi connectivity index (χ2n) is 14.4. The van der Waals surface area contributed by atoms with Crippen LogP contribution < -0.4 is 0 Å². The molecule has 0 spiro atoms. The normalized spacial score (nSPS) is 11.9. The number of para-hydroxylation sites is 3. The average Bonchev–Trinajstić information content (AvgIpc) is 3.96. The van der Waals surface area contributed by atoms with E-state index in [0.29, 0.717) is 17.5 Å². The summed E-state index contributed by atoms with van der Waals surface area (Å²) in [6, 6.07) is 63.8. The molecule has 0 radical (unpaired) electrons. The van der Waals surface area contributed by atoms with Gasteiger partial charge in [0.05, 0.1) is 11.0 Å². The summed E-state index contributed by atoms with van der Waals surface area (Å²) in [5.41, 5.74) is 10.2. The lowest BCUT2D eigenvalue weighted by Gasteiger charge is -2.09. The van der Waals surface area contributed by atoms with Crippen molar-refractivity contribution in [2.75, 3.05) is 0 Å². The number of nitrogens with zero attached hydrogens (tertiary/aromatic N) is 4. The van der Waals surface area contributed by atoms with Crippen molar-refractivity contribution >= 4 is 75.3 Å². The summed E-state index contributed by atoms with van der Waals surface area (Å²) < 4.78 is 11.6.